The normalized spacial score (nSPS) is 22.3. The minimum atomic E-state index is 0.720. The Morgan fingerprint density at radius 1 is 1.39 bits per heavy atom. The molecule has 2 nitrogen and oxygen atoms in total. The van der Waals surface area contributed by atoms with Crippen molar-refractivity contribution >= 4 is 26.8 Å². The Hall–Kier alpha value is -0.930. The summed E-state index contributed by atoms with van der Waals surface area (Å²) in [7, 11) is 0. The number of fused-ring (bicyclic) bond motifs is 1. The first kappa shape index (κ1) is 12.1. The van der Waals surface area contributed by atoms with Crippen LogP contribution in [0.5, 0.6) is 0 Å². The van der Waals surface area contributed by atoms with E-state index in [4.69, 9.17) is 0 Å². The standard InChI is InChI=1S/C15H17BrN2/c1-2-10-8-14(10)18-9-11-5-6-13(16)12-4-3-7-17-15(11)12/h3-7,10,14,18H,2,8-9H2,1H3. The van der Waals surface area contributed by atoms with Crippen molar-refractivity contribution in [3.8, 4) is 0 Å². The molecule has 1 aromatic heterocycles. The summed E-state index contributed by atoms with van der Waals surface area (Å²) in [6, 6.07) is 9.10. The summed E-state index contributed by atoms with van der Waals surface area (Å²) in [5, 5.41) is 4.82. The zero-order valence-electron chi connectivity index (χ0n) is 10.5. The highest BCUT2D eigenvalue weighted by Gasteiger charge is 2.34. The highest BCUT2D eigenvalue weighted by atomic mass is 79.9. The molecule has 0 bridgehead atoms. The molecule has 0 spiro atoms. The van der Waals surface area contributed by atoms with E-state index in [0.717, 1.165) is 28.5 Å². The Kier molecular flexibility index (Phi) is 3.35. The number of halogens is 1. The van der Waals surface area contributed by atoms with E-state index >= 15 is 0 Å². The molecule has 0 saturated heterocycles. The van der Waals surface area contributed by atoms with Gasteiger partial charge in [0.05, 0.1) is 5.52 Å². The highest BCUT2D eigenvalue weighted by Crippen LogP contribution is 2.33. The molecule has 3 heteroatoms. The zero-order chi connectivity index (χ0) is 12.5. The van der Waals surface area contributed by atoms with Crippen LogP contribution in [0.1, 0.15) is 25.3 Å². The lowest BCUT2D eigenvalue weighted by Crippen LogP contribution is -2.17. The first-order valence-electron chi connectivity index (χ1n) is 6.55. The molecule has 1 aliphatic carbocycles. The van der Waals surface area contributed by atoms with Gasteiger partial charge in [0.1, 0.15) is 0 Å². The van der Waals surface area contributed by atoms with E-state index in [1.54, 1.807) is 0 Å². The second-order valence-electron chi connectivity index (χ2n) is 5.00. The number of pyridine rings is 1. The van der Waals surface area contributed by atoms with Crippen LogP contribution in [-0.2, 0) is 6.54 Å². The fourth-order valence-corrected chi connectivity index (χ4v) is 2.98. The van der Waals surface area contributed by atoms with Crippen LogP contribution >= 0.6 is 15.9 Å². The third kappa shape index (κ3) is 2.29. The molecular weight excluding hydrogens is 288 g/mol. The average molecular weight is 305 g/mol. The van der Waals surface area contributed by atoms with Gasteiger partial charge in [-0.3, -0.25) is 4.98 Å². The molecule has 0 amide bonds. The third-order valence-electron chi connectivity index (χ3n) is 3.80. The Bertz CT molecular complexity index is 567. The van der Waals surface area contributed by atoms with Gasteiger partial charge in [-0.25, -0.2) is 0 Å². The SMILES string of the molecule is CCC1CC1NCc1ccc(Br)c2cccnc12. The summed E-state index contributed by atoms with van der Waals surface area (Å²) in [5.41, 5.74) is 2.39. The lowest BCUT2D eigenvalue weighted by molar-refractivity contribution is 0.624. The smallest absolute Gasteiger partial charge is 0.0758 e. The lowest BCUT2D eigenvalue weighted by atomic mass is 10.1. The molecule has 0 aliphatic heterocycles. The quantitative estimate of drug-likeness (QED) is 0.927. The van der Waals surface area contributed by atoms with Crippen molar-refractivity contribution < 1.29 is 0 Å². The van der Waals surface area contributed by atoms with Gasteiger partial charge in [-0.2, -0.15) is 0 Å². The van der Waals surface area contributed by atoms with Gasteiger partial charge in [0, 0.05) is 28.6 Å². The number of nitrogens with zero attached hydrogens (tertiary/aromatic N) is 1. The van der Waals surface area contributed by atoms with Crippen molar-refractivity contribution in [3.05, 3.63) is 40.5 Å². The topological polar surface area (TPSA) is 24.9 Å². The van der Waals surface area contributed by atoms with Gasteiger partial charge < -0.3 is 5.32 Å². The van der Waals surface area contributed by atoms with E-state index in [1.807, 2.05) is 12.3 Å². The van der Waals surface area contributed by atoms with E-state index < -0.39 is 0 Å². The first-order valence-corrected chi connectivity index (χ1v) is 7.34. The van der Waals surface area contributed by atoms with Crippen LogP contribution in [0.3, 0.4) is 0 Å². The minimum absolute atomic E-state index is 0.720. The van der Waals surface area contributed by atoms with Crippen LogP contribution in [0, 0.1) is 5.92 Å². The monoisotopic (exact) mass is 304 g/mol. The van der Waals surface area contributed by atoms with Gasteiger partial charge in [-0.15, -0.1) is 0 Å². The Balaban J connectivity index is 1.82. The Labute approximate surface area is 116 Å². The number of benzene rings is 1. The van der Waals surface area contributed by atoms with Gasteiger partial charge in [0.2, 0.25) is 0 Å². The maximum atomic E-state index is 4.51. The van der Waals surface area contributed by atoms with E-state index in [1.165, 1.54) is 23.8 Å². The van der Waals surface area contributed by atoms with Crippen LogP contribution in [-0.4, -0.2) is 11.0 Å². The van der Waals surface area contributed by atoms with E-state index in [0.29, 0.717) is 0 Å². The fourth-order valence-electron chi connectivity index (χ4n) is 2.53. The molecule has 1 aromatic carbocycles. The average Bonchev–Trinajstić information content (AvgIpc) is 3.17. The third-order valence-corrected chi connectivity index (χ3v) is 4.49. The number of hydrogen-bond donors (Lipinski definition) is 1. The fraction of sp³-hybridized carbons (Fsp3) is 0.400. The van der Waals surface area contributed by atoms with Crippen molar-refractivity contribution in [3.63, 3.8) is 0 Å². The van der Waals surface area contributed by atoms with Crippen molar-refractivity contribution in [2.24, 2.45) is 5.92 Å². The molecule has 1 heterocycles. The summed E-state index contributed by atoms with van der Waals surface area (Å²) in [6.45, 7) is 3.19. The predicted molar refractivity (Wildman–Crippen MR) is 78.5 cm³/mol. The molecule has 2 unspecified atom stereocenters. The molecule has 18 heavy (non-hydrogen) atoms. The van der Waals surface area contributed by atoms with Crippen molar-refractivity contribution in [2.45, 2.75) is 32.4 Å². The molecule has 94 valence electrons. The first-order chi connectivity index (χ1) is 8.79. The summed E-state index contributed by atoms with van der Waals surface area (Å²) in [5.74, 6) is 0.889. The van der Waals surface area contributed by atoms with Crippen LogP contribution in [0.25, 0.3) is 10.9 Å². The molecule has 3 rings (SSSR count). The van der Waals surface area contributed by atoms with Crippen LogP contribution in [0.15, 0.2) is 34.9 Å². The minimum Gasteiger partial charge on any atom is -0.310 e. The molecule has 2 aromatic rings. The number of nitrogens with one attached hydrogen (secondary N) is 1. The molecule has 1 fully saturated rings. The van der Waals surface area contributed by atoms with Gasteiger partial charge >= 0.3 is 0 Å². The second-order valence-corrected chi connectivity index (χ2v) is 5.85. The molecule has 0 radical (unpaired) electrons. The molecule has 1 N–H and O–H groups in total. The Morgan fingerprint density at radius 2 is 2.28 bits per heavy atom. The molecule has 1 aliphatic rings. The van der Waals surface area contributed by atoms with E-state index in [2.05, 4.69) is 51.4 Å². The van der Waals surface area contributed by atoms with Crippen molar-refractivity contribution in [1.29, 1.82) is 0 Å². The second kappa shape index (κ2) is 4.98. The van der Waals surface area contributed by atoms with E-state index in [-0.39, 0.29) is 0 Å². The molecule has 1 saturated carbocycles. The van der Waals surface area contributed by atoms with Crippen molar-refractivity contribution in [2.75, 3.05) is 0 Å². The maximum Gasteiger partial charge on any atom is 0.0758 e. The Morgan fingerprint density at radius 3 is 3.06 bits per heavy atom. The number of hydrogen-bond acceptors (Lipinski definition) is 2. The van der Waals surface area contributed by atoms with Crippen LogP contribution < -0.4 is 5.32 Å². The molecule has 2 atom stereocenters. The van der Waals surface area contributed by atoms with Gasteiger partial charge in [-0.05, 0) is 30.0 Å². The number of rotatable bonds is 4. The van der Waals surface area contributed by atoms with Gasteiger partial charge in [0.15, 0.2) is 0 Å². The summed E-state index contributed by atoms with van der Waals surface area (Å²) in [6.07, 6.45) is 4.49. The largest absolute Gasteiger partial charge is 0.310 e. The summed E-state index contributed by atoms with van der Waals surface area (Å²) < 4.78 is 1.12. The van der Waals surface area contributed by atoms with Crippen molar-refractivity contribution in [1.82, 2.24) is 10.3 Å². The molecular formula is C15H17BrN2. The van der Waals surface area contributed by atoms with Gasteiger partial charge in [0.25, 0.3) is 0 Å². The van der Waals surface area contributed by atoms with Gasteiger partial charge in [-0.1, -0.05) is 41.4 Å². The highest BCUT2D eigenvalue weighted by molar-refractivity contribution is 9.10. The zero-order valence-corrected chi connectivity index (χ0v) is 12.1. The van der Waals surface area contributed by atoms with Crippen LogP contribution in [0.2, 0.25) is 0 Å². The van der Waals surface area contributed by atoms with Crippen LogP contribution in [0.4, 0.5) is 0 Å². The summed E-state index contributed by atoms with van der Waals surface area (Å²) >= 11 is 3.58. The summed E-state index contributed by atoms with van der Waals surface area (Å²) in [4.78, 5) is 4.51. The number of aromatic nitrogens is 1. The predicted octanol–water partition coefficient (Wildman–Crippen LogP) is 3.89. The maximum absolute atomic E-state index is 4.51. The van der Waals surface area contributed by atoms with E-state index in [9.17, 15) is 0 Å². The lowest BCUT2D eigenvalue weighted by Gasteiger charge is -2.08.